The summed E-state index contributed by atoms with van der Waals surface area (Å²) in [6, 6.07) is 17.2. The number of aromatic nitrogens is 1. The topological polar surface area (TPSA) is 110 Å². The third-order valence-corrected chi connectivity index (χ3v) is 5.93. The summed E-state index contributed by atoms with van der Waals surface area (Å²) in [4.78, 5) is 26.5. The number of hydrogen-bond donors (Lipinski definition) is 2. The highest BCUT2D eigenvalue weighted by molar-refractivity contribution is 7.82. The molecule has 0 aliphatic carbocycles. The van der Waals surface area contributed by atoms with Crippen LogP contribution in [0.15, 0.2) is 78.0 Å². The van der Waals surface area contributed by atoms with E-state index in [2.05, 4.69) is 10.3 Å². The van der Waals surface area contributed by atoms with Crippen LogP contribution in [0.25, 0.3) is 0 Å². The van der Waals surface area contributed by atoms with Gasteiger partial charge in [-0.05, 0) is 60.2 Å². The van der Waals surface area contributed by atoms with Gasteiger partial charge < -0.3 is 14.8 Å². The number of nitrogens with one attached hydrogen (secondary N) is 2. The van der Waals surface area contributed by atoms with Gasteiger partial charge in [0.15, 0.2) is 0 Å². The van der Waals surface area contributed by atoms with Crippen molar-refractivity contribution < 1.29 is 23.3 Å². The van der Waals surface area contributed by atoms with Crippen LogP contribution >= 0.6 is 0 Å². The van der Waals surface area contributed by atoms with Crippen LogP contribution in [-0.4, -0.2) is 46.1 Å². The van der Waals surface area contributed by atoms with E-state index < -0.39 is 17.0 Å². The van der Waals surface area contributed by atoms with E-state index in [0.29, 0.717) is 29.3 Å². The number of ether oxygens (including phenoxy) is 2. The van der Waals surface area contributed by atoms with Gasteiger partial charge in [0.2, 0.25) is 6.41 Å². The van der Waals surface area contributed by atoms with Gasteiger partial charge in [0.05, 0.1) is 12.0 Å². The fraction of sp³-hybridized carbons (Fsp3) is 0.174. The summed E-state index contributed by atoms with van der Waals surface area (Å²) < 4.78 is 25.9. The van der Waals surface area contributed by atoms with Crippen LogP contribution in [0.2, 0.25) is 0 Å². The van der Waals surface area contributed by atoms with Gasteiger partial charge in [0, 0.05) is 32.0 Å². The molecule has 0 saturated carbocycles. The van der Waals surface area contributed by atoms with E-state index in [1.54, 1.807) is 78.4 Å². The van der Waals surface area contributed by atoms with Crippen molar-refractivity contribution in [3.05, 3.63) is 78.6 Å². The first-order valence-corrected chi connectivity index (χ1v) is 11.2. The number of urea groups is 1. The summed E-state index contributed by atoms with van der Waals surface area (Å²) in [6.45, 7) is 0.851. The highest BCUT2D eigenvalue weighted by Gasteiger charge is 2.17. The molecule has 0 saturated heterocycles. The Morgan fingerprint density at radius 2 is 1.73 bits per heavy atom. The quantitative estimate of drug-likeness (QED) is 0.419. The summed E-state index contributed by atoms with van der Waals surface area (Å²) in [5, 5.41) is 4.56. The highest BCUT2D eigenvalue weighted by Crippen LogP contribution is 2.25. The molecule has 0 bridgehead atoms. The zero-order valence-electron chi connectivity index (χ0n) is 18.0. The van der Waals surface area contributed by atoms with Crippen LogP contribution in [0, 0.1) is 0 Å². The van der Waals surface area contributed by atoms with Gasteiger partial charge in [-0.2, -0.15) is 0 Å². The fourth-order valence-electron chi connectivity index (χ4n) is 2.87. The summed E-state index contributed by atoms with van der Waals surface area (Å²) in [7, 11) is 0.0925. The lowest BCUT2D eigenvalue weighted by Crippen LogP contribution is -2.40. The number of amides is 3. The van der Waals surface area contributed by atoms with Crippen LogP contribution in [-0.2, 0) is 22.3 Å². The first-order chi connectivity index (χ1) is 16.1. The van der Waals surface area contributed by atoms with Crippen molar-refractivity contribution in [2.24, 2.45) is 0 Å². The number of carbonyl (C=O) groups excluding carboxylic acids is 2. The molecule has 33 heavy (non-hydrogen) atoms. The SMILES string of the molecule is COc1ccc(Oc2ccc(S(=O)N(CCNC(=O)NC=O)Cc3cccnc3)cc2)cc1. The molecule has 2 N–H and O–H groups in total. The van der Waals surface area contributed by atoms with Gasteiger partial charge >= 0.3 is 6.03 Å². The van der Waals surface area contributed by atoms with Crippen LogP contribution < -0.4 is 20.1 Å². The number of imide groups is 1. The van der Waals surface area contributed by atoms with Crippen molar-refractivity contribution in [3.63, 3.8) is 0 Å². The maximum Gasteiger partial charge on any atom is 0.321 e. The molecule has 3 amide bonds. The molecule has 0 radical (unpaired) electrons. The van der Waals surface area contributed by atoms with Crippen LogP contribution in [0.3, 0.4) is 0 Å². The van der Waals surface area contributed by atoms with Gasteiger partial charge in [-0.3, -0.25) is 15.1 Å². The molecule has 10 heteroatoms. The molecule has 0 spiro atoms. The Labute approximate surface area is 194 Å². The van der Waals surface area contributed by atoms with Gasteiger partial charge in [0.25, 0.3) is 0 Å². The largest absolute Gasteiger partial charge is 0.497 e. The number of carbonyl (C=O) groups is 2. The molecule has 3 rings (SSSR count). The molecule has 1 atom stereocenters. The minimum absolute atomic E-state index is 0.199. The Kier molecular flexibility index (Phi) is 8.92. The average Bonchev–Trinajstić information content (AvgIpc) is 2.85. The predicted molar refractivity (Wildman–Crippen MR) is 123 cm³/mol. The standard InChI is InChI=1S/C23H24N4O5S/c1-31-19-4-6-20(7-5-19)32-21-8-10-22(11-9-21)33(30)27(14-13-25-23(29)26-17-28)16-18-3-2-12-24-15-18/h2-12,15,17H,13-14,16H2,1H3,(H2,25,26,28,29). The molecule has 2 aromatic carbocycles. The molecular weight excluding hydrogens is 444 g/mol. The summed E-state index contributed by atoms with van der Waals surface area (Å²) in [5.41, 5.74) is 0.877. The van der Waals surface area contributed by atoms with Crippen molar-refractivity contribution in [2.45, 2.75) is 11.4 Å². The first kappa shape index (κ1) is 23.9. The number of rotatable bonds is 11. The molecular formula is C23H24N4O5S. The Morgan fingerprint density at radius 1 is 1.06 bits per heavy atom. The van der Waals surface area contributed by atoms with Crippen LogP contribution in [0.5, 0.6) is 17.2 Å². The Bertz CT molecular complexity index is 1060. The number of methoxy groups -OCH3 is 1. The van der Waals surface area contributed by atoms with E-state index in [1.165, 1.54) is 0 Å². The molecule has 1 heterocycles. The lowest BCUT2D eigenvalue weighted by atomic mass is 10.3. The zero-order chi connectivity index (χ0) is 23.5. The zero-order valence-corrected chi connectivity index (χ0v) is 18.8. The van der Waals surface area contributed by atoms with Crippen molar-refractivity contribution in [1.82, 2.24) is 19.9 Å². The smallest absolute Gasteiger partial charge is 0.321 e. The van der Waals surface area contributed by atoms with E-state index in [1.807, 2.05) is 11.4 Å². The third kappa shape index (κ3) is 7.41. The van der Waals surface area contributed by atoms with Gasteiger partial charge in [-0.1, -0.05) is 6.07 Å². The van der Waals surface area contributed by atoms with Gasteiger partial charge in [-0.15, -0.1) is 0 Å². The van der Waals surface area contributed by atoms with Crippen molar-refractivity contribution in [3.8, 4) is 17.2 Å². The second kappa shape index (κ2) is 12.3. The minimum atomic E-state index is -1.51. The van der Waals surface area contributed by atoms with E-state index in [-0.39, 0.29) is 13.1 Å². The Hall–Kier alpha value is -3.76. The molecule has 3 aromatic rings. The van der Waals surface area contributed by atoms with Gasteiger partial charge in [0.1, 0.15) is 28.2 Å². The Morgan fingerprint density at radius 3 is 2.33 bits per heavy atom. The first-order valence-electron chi connectivity index (χ1n) is 10.0. The van der Waals surface area contributed by atoms with E-state index in [9.17, 15) is 13.8 Å². The molecule has 9 nitrogen and oxygen atoms in total. The average molecular weight is 469 g/mol. The summed E-state index contributed by atoms with van der Waals surface area (Å²) >= 11 is 0. The summed E-state index contributed by atoms with van der Waals surface area (Å²) in [6.07, 6.45) is 3.66. The molecule has 0 aliphatic rings. The molecule has 1 aromatic heterocycles. The maximum atomic E-state index is 13.3. The normalized spacial score (nSPS) is 11.5. The summed E-state index contributed by atoms with van der Waals surface area (Å²) in [5.74, 6) is 1.99. The number of benzene rings is 2. The van der Waals surface area contributed by atoms with E-state index >= 15 is 0 Å². The number of pyridine rings is 1. The monoisotopic (exact) mass is 468 g/mol. The maximum absolute atomic E-state index is 13.3. The molecule has 0 fully saturated rings. The highest BCUT2D eigenvalue weighted by atomic mass is 32.2. The van der Waals surface area contributed by atoms with Crippen LogP contribution in [0.4, 0.5) is 4.79 Å². The Balaban J connectivity index is 1.67. The molecule has 0 aliphatic heterocycles. The second-order valence-corrected chi connectivity index (χ2v) is 8.23. The second-order valence-electron chi connectivity index (χ2n) is 6.74. The van der Waals surface area contributed by atoms with Crippen molar-refractivity contribution >= 4 is 23.4 Å². The minimum Gasteiger partial charge on any atom is -0.497 e. The van der Waals surface area contributed by atoms with Crippen molar-refractivity contribution in [1.29, 1.82) is 0 Å². The van der Waals surface area contributed by atoms with Gasteiger partial charge in [-0.25, -0.2) is 13.3 Å². The van der Waals surface area contributed by atoms with E-state index in [0.717, 1.165) is 11.3 Å². The lowest BCUT2D eigenvalue weighted by Gasteiger charge is -2.21. The number of nitrogens with zero attached hydrogens (tertiary/aromatic N) is 2. The number of hydrogen-bond acceptors (Lipinski definition) is 6. The van der Waals surface area contributed by atoms with Crippen LogP contribution in [0.1, 0.15) is 5.56 Å². The third-order valence-electron chi connectivity index (χ3n) is 4.47. The lowest BCUT2D eigenvalue weighted by molar-refractivity contribution is -0.108. The van der Waals surface area contributed by atoms with Crippen molar-refractivity contribution in [2.75, 3.05) is 20.2 Å². The van der Waals surface area contributed by atoms with E-state index in [4.69, 9.17) is 9.47 Å². The molecule has 172 valence electrons. The predicted octanol–water partition coefficient (Wildman–Crippen LogP) is 2.86. The molecule has 1 unspecified atom stereocenters. The fourth-order valence-corrected chi connectivity index (χ4v) is 4.06.